The molecule has 1 aromatic carbocycles. The predicted octanol–water partition coefficient (Wildman–Crippen LogP) is 1.78. The number of carboxylic acids is 1. The summed E-state index contributed by atoms with van der Waals surface area (Å²) < 4.78 is 20.1. The molecule has 122 valence electrons. The van der Waals surface area contributed by atoms with Crippen LogP contribution in [0.1, 0.15) is 21.9 Å². The lowest BCUT2D eigenvalue weighted by atomic mass is 10.3. The summed E-state index contributed by atoms with van der Waals surface area (Å²) in [7, 11) is 0. The topological polar surface area (TPSA) is 103 Å². The molecule has 2 heterocycles. The molecule has 1 N–H and O–H groups in total. The van der Waals surface area contributed by atoms with Gasteiger partial charge in [-0.15, -0.1) is 5.10 Å². The minimum Gasteiger partial charge on any atom is -0.476 e. The zero-order valence-electron chi connectivity index (χ0n) is 12.5. The number of hydrogen-bond donors (Lipinski definition) is 1. The van der Waals surface area contributed by atoms with E-state index in [2.05, 4.69) is 20.3 Å². The zero-order chi connectivity index (χ0) is 17.1. The predicted molar refractivity (Wildman–Crippen MR) is 79.4 cm³/mol. The van der Waals surface area contributed by atoms with Crippen LogP contribution in [0.3, 0.4) is 0 Å². The highest BCUT2D eigenvalue weighted by Crippen LogP contribution is 2.15. The van der Waals surface area contributed by atoms with Crippen LogP contribution < -0.4 is 4.74 Å². The Morgan fingerprint density at radius 2 is 2.00 bits per heavy atom. The molecule has 0 atom stereocenters. The number of carboxylic acid groups (broad SMARTS) is 1. The van der Waals surface area contributed by atoms with Crippen molar-refractivity contribution in [2.45, 2.75) is 13.5 Å². The molecule has 0 fully saturated rings. The van der Waals surface area contributed by atoms with E-state index < -0.39 is 5.97 Å². The molecule has 2 aromatic heterocycles. The molecule has 3 rings (SSSR count). The minimum atomic E-state index is -1.16. The number of halogens is 1. The first-order valence-electron chi connectivity index (χ1n) is 6.90. The van der Waals surface area contributed by atoms with Crippen molar-refractivity contribution < 1.29 is 19.0 Å². The first-order valence-corrected chi connectivity index (χ1v) is 6.90. The molecule has 0 aliphatic heterocycles. The van der Waals surface area contributed by atoms with Gasteiger partial charge in [0.2, 0.25) is 5.88 Å². The van der Waals surface area contributed by atoms with E-state index in [9.17, 15) is 9.18 Å². The number of carbonyl (C=O) groups is 1. The van der Waals surface area contributed by atoms with Gasteiger partial charge in [-0.3, -0.25) is 0 Å². The van der Waals surface area contributed by atoms with Crippen molar-refractivity contribution >= 4 is 5.97 Å². The Morgan fingerprint density at radius 3 is 2.62 bits per heavy atom. The molecule has 0 radical (unpaired) electrons. The molecular weight excluding hydrogens is 317 g/mol. The van der Waals surface area contributed by atoms with Crippen LogP contribution in [0.25, 0.3) is 5.69 Å². The lowest BCUT2D eigenvalue weighted by Gasteiger charge is -2.08. The van der Waals surface area contributed by atoms with E-state index >= 15 is 0 Å². The Kier molecular flexibility index (Phi) is 4.15. The van der Waals surface area contributed by atoms with E-state index in [1.165, 1.54) is 23.0 Å². The number of aryl methyl sites for hydroxylation is 1. The van der Waals surface area contributed by atoms with E-state index in [4.69, 9.17) is 9.84 Å². The average Bonchev–Trinajstić information content (AvgIpc) is 2.95. The second-order valence-electron chi connectivity index (χ2n) is 4.84. The fourth-order valence-corrected chi connectivity index (χ4v) is 1.98. The average molecular weight is 329 g/mol. The van der Waals surface area contributed by atoms with Crippen LogP contribution in [0.15, 0.2) is 36.7 Å². The van der Waals surface area contributed by atoms with Crippen LogP contribution in [0.4, 0.5) is 4.39 Å². The second-order valence-corrected chi connectivity index (χ2v) is 4.84. The van der Waals surface area contributed by atoms with E-state index in [-0.39, 0.29) is 24.0 Å². The maximum atomic E-state index is 13.0. The third kappa shape index (κ3) is 3.19. The summed E-state index contributed by atoms with van der Waals surface area (Å²) in [4.78, 5) is 18.3. The van der Waals surface area contributed by atoms with Crippen LogP contribution in [0.5, 0.6) is 5.88 Å². The van der Waals surface area contributed by atoms with Crippen molar-refractivity contribution in [1.29, 1.82) is 0 Å². The maximum Gasteiger partial charge on any atom is 0.356 e. The quantitative estimate of drug-likeness (QED) is 0.761. The first-order chi connectivity index (χ1) is 11.5. The van der Waals surface area contributed by atoms with Crippen LogP contribution >= 0.6 is 0 Å². The molecule has 0 unspecified atom stereocenters. The van der Waals surface area contributed by atoms with Gasteiger partial charge >= 0.3 is 5.97 Å². The number of rotatable bonds is 5. The lowest BCUT2D eigenvalue weighted by Crippen LogP contribution is -2.08. The standard InChI is InChI=1S/C15H12FN5O3/c1-9-13(8-24-14-7-17-12(6-18-14)15(22)23)21(20-19-9)11-4-2-10(16)3-5-11/h2-7H,8H2,1H3,(H,22,23). The number of ether oxygens (including phenoxy) is 1. The highest BCUT2D eigenvalue weighted by atomic mass is 19.1. The number of benzene rings is 1. The molecule has 9 heteroatoms. The molecular formula is C15H12FN5O3. The SMILES string of the molecule is Cc1nnn(-c2ccc(F)cc2)c1COc1cnc(C(=O)O)cn1. The fourth-order valence-electron chi connectivity index (χ4n) is 1.98. The normalized spacial score (nSPS) is 10.6. The third-order valence-corrected chi connectivity index (χ3v) is 3.23. The summed E-state index contributed by atoms with van der Waals surface area (Å²) in [5.74, 6) is -1.34. The van der Waals surface area contributed by atoms with Gasteiger partial charge in [0.25, 0.3) is 0 Å². The largest absolute Gasteiger partial charge is 0.476 e. The van der Waals surface area contributed by atoms with Gasteiger partial charge in [-0.2, -0.15) is 0 Å². The van der Waals surface area contributed by atoms with Gasteiger partial charge in [0.15, 0.2) is 5.69 Å². The molecule has 3 aromatic rings. The van der Waals surface area contributed by atoms with Crippen LogP contribution in [-0.2, 0) is 6.61 Å². The van der Waals surface area contributed by atoms with Gasteiger partial charge in [-0.1, -0.05) is 5.21 Å². The van der Waals surface area contributed by atoms with Crippen LogP contribution in [-0.4, -0.2) is 36.0 Å². The summed E-state index contributed by atoms with van der Waals surface area (Å²) in [5, 5.41) is 16.8. The smallest absolute Gasteiger partial charge is 0.356 e. The zero-order valence-corrected chi connectivity index (χ0v) is 12.5. The van der Waals surface area contributed by atoms with Gasteiger partial charge in [0.1, 0.15) is 18.1 Å². The molecule has 0 aliphatic rings. The molecule has 0 spiro atoms. The Bertz CT molecular complexity index is 862. The fraction of sp³-hybridized carbons (Fsp3) is 0.133. The molecule has 8 nitrogen and oxygen atoms in total. The summed E-state index contributed by atoms with van der Waals surface area (Å²) in [6, 6.07) is 5.81. The molecule has 0 aliphatic carbocycles. The van der Waals surface area contributed by atoms with Crippen molar-refractivity contribution in [3.05, 3.63) is 59.6 Å². The summed E-state index contributed by atoms with van der Waals surface area (Å²) in [6.45, 7) is 1.86. The van der Waals surface area contributed by atoms with Gasteiger partial charge in [0.05, 0.1) is 23.8 Å². The minimum absolute atomic E-state index is 0.0946. The van der Waals surface area contributed by atoms with Crippen molar-refractivity contribution in [3.63, 3.8) is 0 Å². The second kappa shape index (κ2) is 6.41. The van der Waals surface area contributed by atoms with Crippen molar-refractivity contribution in [3.8, 4) is 11.6 Å². The third-order valence-electron chi connectivity index (χ3n) is 3.23. The molecule has 0 amide bonds. The number of hydrogen-bond acceptors (Lipinski definition) is 6. The van der Waals surface area contributed by atoms with Gasteiger partial charge in [-0.25, -0.2) is 23.8 Å². The van der Waals surface area contributed by atoms with E-state index in [0.717, 1.165) is 6.20 Å². The van der Waals surface area contributed by atoms with E-state index in [1.807, 2.05) is 0 Å². The van der Waals surface area contributed by atoms with Gasteiger partial charge < -0.3 is 9.84 Å². The van der Waals surface area contributed by atoms with Crippen LogP contribution in [0, 0.1) is 12.7 Å². The highest BCUT2D eigenvalue weighted by molar-refractivity contribution is 5.84. The highest BCUT2D eigenvalue weighted by Gasteiger charge is 2.13. The van der Waals surface area contributed by atoms with Gasteiger partial charge in [0, 0.05) is 0 Å². The monoisotopic (exact) mass is 329 g/mol. The Hall–Kier alpha value is -3.36. The van der Waals surface area contributed by atoms with Crippen molar-refractivity contribution in [2.24, 2.45) is 0 Å². The Balaban J connectivity index is 1.79. The number of nitrogens with zero attached hydrogens (tertiary/aromatic N) is 5. The summed E-state index contributed by atoms with van der Waals surface area (Å²) >= 11 is 0. The molecule has 0 saturated carbocycles. The summed E-state index contributed by atoms with van der Waals surface area (Å²) in [6.07, 6.45) is 2.34. The molecule has 24 heavy (non-hydrogen) atoms. The number of aromatic nitrogens is 5. The molecule has 0 bridgehead atoms. The van der Waals surface area contributed by atoms with Crippen molar-refractivity contribution in [1.82, 2.24) is 25.0 Å². The van der Waals surface area contributed by atoms with E-state index in [0.29, 0.717) is 17.1 Å². The van der Waals surface area contributed by atoms with Crippen LogP contribution in [0.2, 0.25) is 0 Å². The van der Waals surface area contributed by atoms with E-state index in [1.54, 1.807) is 19.1 Å². The molecule has 0 saturated heterocycles. The number of aromatic carboxylic acids is 1. The lowest BCUT2D eigenvalue weighted by molar-refractivity contribution is 0.0689. The van der Waals surface area contributed by atoms with Gasteiger partial charge in [-0.05, 0) is 31.2 Å². The Labute approximate surface area is 135 Å². The summed E-state index contributed by atoms with van der Waals surface area (Å²) in [5.41, 5.74) is 1.78. The maximum absolute atomic E-state index is 13.0. The Morgan fingerprint density at radius 1 is 1.25 bits per heavy atom. The first kappa shape index (κ1) is 15.5. The van der Waals surface area contributed by atoms with Crippen molar-refractivity contribution in [2.75, 3.05) is 0 Å².